The molecule has 0 saturated heterocycles. The summed E-state index contributed by atoms with van der Waals surface area (Å²) in [6.45, 7) is 1.44. The van der Waals surface area contributed by atoms with E-state index < -0.39 is 11.9 Å². The maximum atomic E-state index is 11.9. The summed E-state index contributed by atoms with van der Waals surface area (Å²) in [6.07, 6.45) is 0. The predicted octanol–water partition coefficient (Wildman–Crippen LogP) is 3.38. The Bertz CT molecular complexity index is 732. The van der Waals surface area contributed by atoms with Gasteiger partial charge in [0.25, 0.3) is 5.91 Å². The standard InChI is InChI=1S/C18H18ClNO4/c1-12(15-8-3-4-9-16(15)19)20-17(21)11-24-18(22)13-6-5-7-14(10-13)23-2/h3-10,12H,11H2,1-2H3,(H,20,21)/t12-/m0/s1. The van der Waals surface area contributed by atoms with Crippen LogP contribution >= 0.6 is 11.6 Å². The van der Waals surface area contributed by atoms with Gasteiger partial charge in [0.2, 0.25) is 0 Å². The molecule has 0 aliphatic carbocycles. The van der Waals surface area contributed by atoms with E-state index in [1.54, 1.807) is 30.3 Å². The number of esters is 1. The Kier molecular flexibility index (Phi) is 6.21. The van der Waals surface area contributed by atoms with E-state index in [2.05, 4.69) is 5.32 Å². The number of hydrogen-bond acceptors (Lipinski definition) is 4. The number of benzene rings is 2. The van der Waals surface area contributed by atoms with Crippen molar-refractivity contribution in [3.8, 4) is 5.75 Å². The lowest BCUT2D eigenvalue weighted by Gasteiger charge is -2.15. The Morgan fingerprint density at radius 1 is 1.17 bits per heavy atom. The Hall–Kier alpha value is -2.53. The minimum atomic E-state index is -0.588. The zero-order valence-corrected chi connectivity index (χ0v) is 14.2. The van der Waals surface area contributed by atoms with Crippen LogP contribution in [-0.4, -0.2) is 25.6 Å². The van der Waals surface area contributed by atoms with Crippen LogP contribution in [0.2, 0.25) is 5.02 Å². The molecule has 0 aromatic heterocycles. The van der Waals surface area contributed by atoms with Gasteiger partial charge in [-0.05, 0) is 36.8 Å². The predicted molar refractivity (Wildman–Crippen MR) is 91.3 cm³/mol. The molecule has 5 nitrogen and oxygen atoms in total. The quantitative estimate of drug-likeness (QED) is 0.813. The molecule has 0 radical (unpaired) electrons. The zero-order chi connectivity index (χ0) is 17.5. The Labute approximate surface area is 145 Å². The maximum Gasteiger partial charge on any atom is 0.338 e. The van der Waals surface area contributed by atoms with Gasteiger partial charge in [-0.15, -0.1) is 0 Å². The van der Waals surface area contributed by atoms with E-state index in [1.165, 1.54) is 7.11 Å². The Morgan fingerprint density at radius 3 is 2.62 bits per heavy atom. The average molecular weight is 348 g/mol. The van der Waals surface area contributed by atoms with Gasteiger partial charge >= 0.3 is 5.97 Å². The molecule has 1 amide bonds. The van der Waals surface area contributed by atoms with Crippen LogP contribution in [0.25, 0.3) is 0 Å². The summed E-state index contributed by atoms with van der Waals surface area (Å²) in [6, 6.07) is 13.5. The number of halogens is 1. The van der Waals surface area contributed by atoms with E-state index >= 15 is 0 Å². The largest absolute Gasteiger partial charge is 0.497 e. The second-order valence-electron chi connectivity index (χ2n) is 5.12. The van der Waals surface area contributed by atoms with Crippen molar-refractivity contribution in [3.05, 3.63) is 64.7 Å². The number of carbonyl (C=O) groups excluding carboxylic acids is 2. The molecule has 0 unspecified atom stereocenters. The van der Waals surface area contributed by atoms with Gasteiger partial charge in [-0.2, -0.15) is 0 Å². The molecule has 0 spiro atoms. The van der Waals surface area contributed by atoms with Crippen LogP contribution in [0.3, 0.4) is 0 Å². The molecule has 2 aromatic rings. The highest BCUT2D eigenvalue weighted by Gasteiger charge is 2.15. The number of rotatable bonds is 6. The number of ether oxygens (including phenoxy) is 2. The molecule has 6 heteroatoms. The number of carbonyl (C=O) groups is 2. The molecular weight excluding hydrogens is 330 g/mol. The fourth-order valence-corrected chi connectivity index (χ4v) is 2.45. The molecule has 0 heterocycles. The van der Waals surface area contributed by atoms with Crippen molar-refractivity contribution in [2.24, 2.45) is 0 Å². The molecule has 0 bridgehead atoms. The highest BCUT2D eigenvalue weighted by atomic mass is 35.5. The Balaban J connectivity index is 1.88. The monoisotopic (exact) mass is 347 g/mol. The first-order valence-corrected chi connectivity index (χ1v) is 7.74. The fourth-order valence-electron chi connectivity index (χ4n) is 2.15. The smallest absolute Gasteiger partial charge is 0.338 e. The number of amides is 1. The van der Waals surface area contributed by atoms with Gasteiger partial charge in [-0.1, -0.05) is 35.9 Å². The molecule has 24 heavy (non-hydrogen) atoms. The van der Waals surface area contributed by atoms with E-state index in [-0.39, 0.29) is 12.6 Å². The van der Waals surface area contributed by atoms with E-state index in [9.17, 15) is 9.59 Å². The molecular formula is C18H18ClNO4. The fraction of sp³-hybridized carbons (Fsp3) is 0.222. The van der Waals surface area contributed by atoms with Gasteiger partial charge in [0.05, 0.1) is 18.7 Å². The van der Waals surface area contributed by atoms with Crippen LogP contribution in [-0.2, 0) is 9.53 Å². The summed E-state index contributed by atoms with van der Waals surface area (Å²) in [7, 11) is 1.51. The van der Waals surface area contributed by atoms with Crippen LogP contribution in [0, 0.1) is 0 Å². The van der Waals surface area contributed by atoms with Crippen LogP contribution in [0.4, 0.5) is 0 Å². The molecule has 2 aromatic carbocycles. The zero-order valence-electron chi connectivity index (χ0n) is 13.4. The van der Waals surface area contributed by atoms with Crippen molar-refractivity contribution < 1.29 is 19.1 Å². The van der Waals surface area contributed by atoms with Crippen LogP contribution in [0.1, 0.15) is 28.9 Å². The van der Waals surface area contributed by atoms with Gasteiger partial charge in [0, 0.05) is 5.02 Å². The highest BCUT2D eigenvalue weighted by Crippen LogP contribution is 2.22. The van der Waals surface area contributed by atoms with E-state index in [1.807, 2.05) is 25.1 Å². The third-order valence-corrected chi connectivity index (χ3v) is 3.73. The summed E-state index contributed by atoms with van der Waals surface area (Å²) in [5, 5.41) is 3.31. The molecule has 0 fully saturated rings. The van der Waals surface area contributed by atoms with E-state index in [0.29, 0.717) is 16.3 Å². The lowest BCUT2D eigenvalue weighted by Crippen LogP contribution is -2.31. The highest BCUT2D eigenvalue weighted by molar-refractivity contribution is 6.31. The van der Waals surface area contributed by atoms with Crippen LogP contribution in [0.15, 0.2) is 48.5 Å². The summed E-state index contributed by atoms with van der Waals surface area (Å²) in [5.74, 6) is -0.450. The number of nitrogens with one attached hydrogen (secondary N) is 1. The van der Waals surface area contributed by atoms with E-state index in [0.717, 1.165) is 5.56 Å². The SMILES string of the molecule is COc1cccc(C(=O)OCC(=O)N[C@@H](C)c2ccccc2Cl)c1. The summed E-state index contributed by atoms with van der Waals surface area (Å²) >= 11 is 6.09. The average Bonchev–Trinajstić information content (AvgIpc) is 2.60. The number of hydrogen-bond donors (Lipinski definition) is 1. The van der Waals surface area contributed by atoms with Crippen molar-refractivity contribution in [2.75, 3.05) is 13.7 Å². The number of methoxy groups -OCH3 is 1. The minimum absolute atomic E-state index is 0.290. The molecule has 2 rings (SSSR count). The first-order chi connectivity index (χ1) is 11.5. The maximum absolute atomic E-state index is 11.9. The minimum Gasteiger partial charge on any atom is -0.497 e. The second-order valence-corrected chi connectivity index (χ2v) is 5.53. The topological polar surface area (TPSA) is 64.6 Å². The first-order valence-electron chi connectivity index (χ1n) is 7.36. The summed E-state index contributed by atoms with van der Waals surface area (Å²) < 4.78 is 10.1. The Morgan fingerprint density at radius 2 is 1.92 bits per heavy atom. The first kappa shape index (κ1) is 17.8. The van der Waals surface area contributed by atoms with Crippen LogP contribution < -0.4 is 10.1 Å². The summed E-state index contributed by atoms with van der Waals surface area (Å²) in [5.41, 5.74) is 1.12. The lowest BCUT2D eigenvalue weighted by atomic mass is 10.1. The molecule has 0 aliphatic heterocycles. The van der Waals surface area contributed by atoms with Crippen molar-refractivity contribution >= 4 is 23.5 Å². The molecule has 126 valence electrons. The molecule has 0 saturated carbocycles. The van der Waals surface area contributed by atoms with Crippen molar-refractivity contribution in [3.63, 3.8) is 0 Å². The van der Waals surface area contributed by atoms with Crippen molar-refractivity contribution in [2.45, 2.75) is 13.0 Å². The lowest BCUT2D eigenvalue weighted by molar-refractivity contribution is -0.124. The molecule has 1 N–H and O–H groups in total. The van der Waals surface area contributed by atoms with Gasteiger partial charge in [0.15, 0.2) is 6.61 Å². The molecule has 0 aliphatic rings. The van der Waals surface area contributed by atoms with Gasteiger partial charge < -0.3 is 14.8 Å². The molecule has 1 atom stereocenters. The third-order valence-electron chi connectivity index (χ3n) is 3.39. The van der Waals surface area contributed by atoms with Gasteiger partial charge in [-0.25, -0.2) is 4.79 Å². The van der Waals surface area contributed by atoms with E-state index in [4.69, 9.17) is 21.1 Å². The van der Waals surface area contributed by atoms with Crippen LogP contribution in [0.5, 0.6) is 5.75 Å². The third kappa shape index (κ3) is 4.73. The van der Waals surface area contributed by atoms with Gasteiger partial charge in [-0.3, -0.25) is 4.79 Å². The normalized spacial score (nSPS) is 11.5. The van der Waals surface area contributed by atoms with Crippen molar-refractivity contribution in [1.29, 1.82) is 0 Å². The van der Waals surface area contributed by atoms with Gasteiger partial charge in [0.1, 0.15) is 5.75 Å². The second kappa shape index (κ2) is 8.36. The van der Waals surface area contributed by atoms with Crippen molar-refractivity contribution in [1.82, 2.24) is 5.32 Å². The summed E-state index contributed by atoms with van der Waals surface area (Å²) in [4.78, 5) is 23.9.